The molecule has 0 aliphatic heterocycles. The summed E-state index contributed by atoms with van der Waals surface area (Å²) < 4.78 is 24.5. The molecule has 0 heterocycles. The quantitative estimate of drug-likeness (QED) is 0.803. The molecular formula is C9H8N2O4S. The minimum Gasteiger partial charge on any atom is -0.478 e. The van der Waals surface area contributed by atoms with Crippen molar-refractivity contribution in [2.75, 3.05) is 10.5 Å². The molecule has 0 fully saturated rings. The molecule has 2 N–H and O–H groups in total. The average Bonchev–Trinajstić information content (AvgIpc) is 2.17. The van der Waals surface area contributed by atoms with Gasteiger partial charge in [0.1, 0.15) is 0 Å². The van der Waals surface area contributed by atoms with Crippen molar-refractivity contribution in [2.45, 2.75) is 0 Å². The number of aromatic carboxylic acids is 1. The lowest BCUT2D eigenvalue weighted by Gasteiger charge is -2.04. The average molecular weight is 240 g/mol. The standard InChI is InChI=1S/C9H8N2O4S/c10-5-6-16(14,15)11-8-3-1-7(2-4-8)9(12)13/h1-4,11H,6H2,(H,12,13). The molecule has 0 aromatic heterocycles. The molecule has 0 radical (unpaired) electrons. The van der Waals surface area contributed by atoms with Crippen molar-refractivity contribution >= 4 is 21.7 Å². The summed E-state index contributed by atoms with van der Waals surface area (Å²) >= 11 is 0. The van der Waals surface area contributed by atoms with E-state index >= 15 is 0 Å². The highest BCUT2D eigenvalue weighted by molar-refractivity contribution is 7.92. The molecule has 1 aromatic carbocycles. The van der Waals surface area contributed by atoms with Gasteiger partial charge in [-0.25, -0.2) is 13.2 Å². The van der Waals surface area contributed by atoms with Gasteiger partial charge in [-0.3, -0.25) is 4.72 Å². The van der Waals surface area contributed by atoms with Gasteiger partial charge in [0.2, 0.25) is 10.0 Å². The van der Waals surface area contributed by atoms with E-state index in [0.717, 1.165) is 0 Å². The predicted octanol–water partition coefficient (Wildman–Crippen LogP) is 0.650. The minimum atomic E-state index is -3.68. The van der Waals surface area contributed by atoms with Gasteiger partial charge in [-0.2, -0.15) is 5.26 Å². The SMILES string of the molecule is N#CCS(=O)(=O)Nc1ccc(C(=O)O)cc1. The molecule has 7 heteroatoms. The van der Waals surface area contributed by atoms with E-state index in [1.165, 1.54) is 30.3 Å². The molecule has 0 saturated carbocycles. The zero-order valence-corrected chi connectivity index (χ0v) is 8.86. The Morgan fingerprint density at radius 1 is 1.38 bits per heavy atom. The van der Waals surface area contributed by atoms with Gasteiger partial charge >= 0.3 is 5.97 Å². The maximum atomic E-state index is 11.2. The van der Waals surface area contributed by atoms with Gasteiger partial charge in [0, 0.05) is 5.69 Å². The van der Waals surface area contributed by atoms with E-state index in [-0.39, 0.29) is 11.3 Å². The predicted molar refractivity (Wildman–Crippen MR) is 56.4 cm³/mol. The smallest absolute Gasteiger partial charge is 0.335 e. The monoisotopic (exact) mass is 240 g/mol. The Balaban J connectivity index is 2.85. The normalized spacial score (nSPS) is 10.4. The van der Waals surface area contributed by atoms with Gasteiger partial charge in [-0.05, 0) is 24.3 Å². The van der Waals surface area contributed by atoms with Gasteiger partial charge in [0.25, 0.3) is 0 Å². The van der Waals surface area contributed by atoms with Crippen LogP contribution < -0.4 is 4.72 Å². The number of nitriles is 1. The third-order valence-corrected chi connectivity index (χ3v) is 2.72. The van der Waals surface area contributed by atoms with Crippen molar-refractivity contribution in [3.05, 3.63) is 29.8 Å². The number of hydrogen-bond acceptors (Lipinski definition) is 4. The van der Waals surface area contributed by atoms with Crippen LogP contribution in [0.25, 0.3) is 0 Å². The maximum Gasteiger partial charge on any atom is 0.335 e. The van der Waals surface area contributed by atoms with Crippen LogP contribution in [0.5, 0.6) is 0 Å². The van der Waals surface area contributed by atoms with Crippen LogP contribution in [0.1, 0.15) is 10.4 Å². The summed E-state index contributed by atoms with van der Waals surface area (Å²) in [4.78, 5) is 10.5. The largest absolute Gasteiger partial charge is 0.478 e. The van der Waals surface area contributed by atoms with Gasteiger partial charge in [0.15, 0.2) is 5.75 Å². The highest BCUT2D eigenvalue weighted by Crippen LogP contribution is 2.11. The molecule has 0 spiro atoms. The molecule has 0 bridgehead atoms. The molecular weight excluding hydrogens is 232 g/mol. The number of rotatable bonds is 4. The maximum absolute atomic E-state index is 11.2. The van der Waals surface area contributed by atoms with E-state index in [4.69, 9.17) is 10.4 Å². The number of anilines is 1. The molecule has 84 valence electrons. The number of carboxylic acid groups (broad SMARTS) is 1. The van der Waals surface area contributed by atoms with Crippen LogP contribution in [-0.2, 0) is 10.0 Å². The summed E-state index contributed by atoms with van der Waals surface area (Å²) in [5.41, 5.74) is 0.281. The van der Waals surface area contributed by atoms with Crippen LogP contribution in [0.2, 0.25) is 0 Å². The molecule has 0 atom stereocenters. The van der Waals surface area contributed by atoms with Crippen LogP contribution in [0.4, 0.5) is 5.69 Å². The van der Waals surface area contributed by atoms with E-state index in [0.29, 0.717) is 0 Å². The number of sulfonamides is 1. The van der Waals surface area contributed by atoms with E-state index in [1.807, 2.05) is 0 Å². The highest BCUT2D eigenvalue weighted by Gasteiger charge is 2.09. The van der Waals surface area contributed by atoms with Gasteiger partial charge in [-0.1, -0.05) is 0 Å². The minimum absolute atomic E-state index is 0.0585. The lowest BCUT2D eigenvalue weighted by molar-refractivity contribution is 0.0697. The van der Waals surface area contributed by atoms with Crippen molar-refractivity contribution in [1.82, 2.24) is 0 Å². The van der Waals surface area contributed by atoms with Crippen molar-refractivity contribution in [2.24, 2.45) is 0 Å². The first-order chi connectivity index (χ1) is 7.44. The molecule has 0 aliphatic rings. The topological polar surface area (TPSA) is 107 Å². The second kappa shape index (κ2) is 4.63. The number of benzene rings is 1. The van der Waals surface area contributed by atoms with Crippen molar-refractivity contribution in [3.8, 4) is 6.07 Å². The molecule has 0 aliphatic carbocycles. The molecule has 0 saturated heterocycles. The van der Waals surface area contributed by atoms with Crippen LogP contribution in [-0.4, -0.2) is 25.2 Å². The fourth-order valence-electron chi connectivity index (χ4n) is 0.981. The van der Waals surface area contributed by atoms with E-state index < -0.39 is 21.7 Å². The zero-order valence-electron chi connectivity index (χ0n) is 8.04. The van der Waals surface area contributed by atoms with Crippen molar-refractivity contribution in [3.63, 3.8) is 0 Å². The molecule has 1 rings (SSSR count). The number of nitrogens with one attached hydrogen (secondary N) is 1. The summed E-state index contributed by atoms with van der Waals surface area (Å²) in [6.07, 6.45) is 0. The lowest BCUT2D eigenvalue weighted by Crippen LogP contribution is -2.15. The van der Waals surface area contributed by atoms with E-state index in [9.17, 15) is 13.2 Å². The summed E-state index contributed by atoms with van der Waals surface area (Å²) in [7, 11) is -3.68. The Morgan fingerprint density at radius 3 is 2.38 bits per heavy atom. The fourth-order valence-corrected chi connectivity index (χ4v) is 1.72. The summed E-state index contributed by atoms with van der Waals surface area (Å²) in [5.74, 6) is -1.74. The number of hydrogen-bond donors (Lipinski definition) is 2. The highest BCUT2D eigenvalue weighted by atomic mass is 32.2. The molecule has 1 aromatic rings. The third kappa shape index (κ3) is 3.25. The first-order valence-corrected chi connectivity index (χ1v) is 5.80. The second-order valence-electron chi connectivity index (χ2n) is 2.90. The molecule has 0 unspecified atom stereocenters. The Kier molecular flexibility index (Phi) is 3.48. The zero-order chi connectivity index (χ0) is 12.2. The van der Waals surface area contributed by atoms with Crippen LogP contribution >= 0.6 is 0 Å². The lowest BCUT2D eigenvalue weighted by atomic mass is 10.2. The summed E-state index contributed by atoms with van der Waals surface area (Å²) in [5, 5.41) is 16.9. The van der Waals surface area contributed by atoms with Gasteiger partial charge < -0.3 is 5.11 Å². The number of nitrogens with zero attached hydrogens (tertiary/aromatic N) is 1. The first-order valence-electron chi connectivity index (χ1n) is 4.15. The van der Waals surface area contributed by atoms with Crippen LogP contribution in [0, 0.1) is 11.3 Å². The Labute approximate surface area is 92.2 Å². The van der Waals surface area contributed by atoms with Crippen molar-refractivity contribution in [1.29, 1.82) is 5.26 Å². The summed E-state index contributed by atoms with van der Waals surface area (Å²) in [6.45, 7) is 0. The third-order valence-electron chi connectivity index (χ3n) is 1.66. The van der Waals surface area contributed by atoms with Gasteiger partial charge in [0.05, 0.1) is 11.6 Å². The van der Waals surface area contributed by atoms with E-state index in [2.05, 4.69) is 4.72 Å². The van der Waals surface area contributed by atoms with Crippen molar-refractivity contribution < 1.29 is 18.3 Å². The first kappa shape index (κ1) is 12.0. The number of carbonyl (C=O) groups is 1. The molecule has 6 nitrogen and oxygen atoms in total. The van der Waals surface area contributed by atoms with Crippen LogP contribution in [0.3, 0.4) is 0 Å². The van der Waals surface area contributed by atoms with E-state index in [1.54, 1.807) is 0 Å². The Bertz CT molecular complexity index is 528. The van der Waals surface area contributed by atoms with Crippen LogP contribution in [0.15, 0.2) is 24.3 Å². The Hall–Kier alpha value is -2.07. The Morgan fingerprint density at radius 2 is 1.94 bits per heavy atom. The summed E-state index contributed by atoms with van der Waals surface area (Å²) in [6, 6.07) is 6.69. The number of carboxylic acids is 1. The molecule has 0 amide bonds. The second-order valence-corrected chi connectivity index (χ2v) is 4.62. The fraction of sp³-hybridized carbons (Fsp3) is 0.111. The van der Waals surface area contributed by atoms with Gasteiger partial charge in [-0.15, -0.1) is 0 Å². The molecule has 16 heavy (non-hydrogen) atoms.